The second-order valence-electron chi connectivity index (χ2n) is 8.87. The molecule has 15 heteroatoms. The topological polar surface area (TPSA) is 168 Å². The van der Waals surface area contributed by atoms with E-state index in [2.05, 4.69) is 19.5 Å². The van der Waals surface area contributed by atoms with Crippen LogP contribution in [0.5, 0.6) is 23.0 Å². The van der Waals surface area contributed by atoms with Crippen LogP contribution in [-0.4, -0.2) is 54.5 Å². The summed E-state index contributed by atoms with van der Waals surface area (Å²) < 4.78 is 77.0. The molecule has 0 atom stereocenters. The van der Waals surface area contributed by atoms with E-state index in [1.807, 2.05) is 0 Å². The number of rotatable bonds is 10. The van der Waals surface area contributed by atoms with E-state index in [1.54, 1.807) is 0 Å². The van der Waals surface area contributed by atoms with Crippen LogP contribution >= 0.6 is 7.82 Å². The van der Waals surface area contributed by atoms with Crippen molar-refractivity contribution in [1.29, 1.82) is 0 Å². The lowest BCUT2D eigenvalue weighted by molar-refractivity contribution is -0.341. The standard InChI is InChI=1S/C25H28FN4O9P/c1-25(2)24(31)30(13-38-40(32,33)34)23-18(39-25)7-6-15(28-23)11-17-16(26)12-27-21(29-17)10-14-8-19(35-3)22(37-5)20(9-14)36-4/h6-9,12H,10-11,13H2,1-5H3,(H2,32,33,34)/p-2/i8D,9D,12D. The molecule has 0 saturated carbocycles. The van der Waals surface area contributed by atoms with Crippen LogP contribution in [0.3, 0.4) is 0 Å². The molecular formula is C25H26FN4O9P-2. The Labute approximate surface area is 233 Å². The highest BCUT2D eigenvalue weighted by atomic mass is 31.2. The number of amides is 1. The molecule has 214 valence electrons. The molecule has 0 unspecified atom stereocenters. The molecule has 0 fully saturated rings. The lowest BCUT2D eigenvalue weighted by atomic mass is 10.1. The maximum atomic E-state index is 15.1. The molecule has 1 amide bonds. The fourth-order valence-electron chi connectivity index (χ4n) is 3.85. The van der Waals surface area contributed by atoms with E-state index in [9.17, 15) is 19.1 Å². The largest absolute Gasteiger partial charge is 0.790 e. The van der Waals surface area contributed by atoms with Gasteiger partial charge in [-0.1, -0.05) is 0 Å². The number of phosphoric acid groups is 1. The summed E-state index contributed by atoms with van der Waals surface area (Å²) in [6, 6.07) is 2.45. The maximum absolute atomic E-state index is 15.1. The van der Waals surface area contributed by atoms with Crippen molar-refractivity contribution in [3.05, 3.63) is 59.0 Å². The number of hydrogen-bond donors (Lipinski definition) is 0. The van der Waals surface area contributed by atoms with Gasteiger partial charge in [0.15, 0.2) is 34.5 Å². The minimum Gasteiger partial charge on any atom is -0.790 e. The van der Waals surface area contributed by atoms with E-state index in [4.69, 9.17) is 23.1 Å². The van der Waals surface area contributed by atoms with Crippen molar-refractivity contribution < 1.29 is 51.1 Å². The number of methoxy groups -OCH3 is 3. The molecule has 2 aromatic heterocycles. The van der Waals surface area contributed by atoms with Gasteiger partial charge in [0, 0.05) is 18.5 Å². The van der Waals surface area contributed by atoms with Gasteiger partial charge in [-0.3, -0.25) is 9.69 Å². The first kappa shape index (κ1) is 25.1. The number of carbonyl (C=O) groups is 1. The van der Waals surface area contributed by atoms with Crippen molar-refractivity contribution in [3.63, 3.8) is 0 Å². The zero-order chi connectivity index (χ0) is 31.9. The Morgan fingerprint density at radius 3 is 2.38 bits per heavy atom. The van der Waals surface area contributed by atoms with E-state index >= 15 is 4.39 Å². The van der Waals surface area contributed by atoms with E-state index in [1.165, 1.54) is 47.3 Å². The third kappa shape index (κ3) is 6.31. The van der Waals surface area contributed by atoms with E-state index < -0.39 is 38.1 Å². The monoisotopic (exact) mass is 579 g/mol. The number of aromatic nitrogens is 3. The Morgan fingerprint density at radius 1 is 1.10 bits per heavy atom. The molecule has 0 aliphatic carbocycles. The zero-order valence-electron chi connectivity index (χ0n) is 25.1. The average Bonchev–Trinajstić information content (AvgIpc) is 2.93. The Hall–Kier alpha value is -3.84. The first-order chi connectivity index (χ1) is 20.1. The Kier molecular flexibility index (Phi) is 7.13. The van der Waals surface area contributed by atoms with Gasteiger partial charge in [-0.25, -0.2) is 19.3 Å². The number of benzene rings is 1. The van der Waals surface area contributed by atoms with Crippen LogP contribution in [-0.2, 0) is 26.7 Å². The summed E-state index contributed by atoms with van der Waals surface area (Å²) in [4.78, 5) is 48.3. The second kappa shape index (κ2) is 11.3. The smallest absolute Gasteiger partial charge is 0.273 e. The first-order valence-corrected chi connectivity index (χ1v) is 13.0. The zero-order valence-corrected chi connectivity index (χ0v) is 23.0. The molecule has 0 N–H and O–H groups in total. The van der Waals surface area contributed by atoms with Crippen LogP contribution in [0.4, 0.5) is 10.2 Å². The van der Waals surface area contributed by atoms with Gasteiger partial charge in [-0.2, -0.15) is 0 Å². The number of hydrogen-bond acceptors (Lipinski definition) is 12. The quantitative estimate of drug-likeness (QED) is 0.318. The van der Waals surface area contributed by atoms with Gasteiger partial charge in [0.1, 0.15) is 12.6 Å². The molecule has 40 heavy (non-hydrogen) atoms. The summed E-state index contributed by atoms with van der Waals surface area (Å²) in [5, 5.41) is 0. The number of fused-ring (bicyclic) bond motifs is 1. The highest BCUT2D eigenvalue weighted by molar-refractivity contribution is 7.43. The first-order valence-electron chi connectivity index (χ1n) is 13.1. The predicted octanol–water partition coefficient (Wildman–Crippen LogP) is 1.52. The summed E-state index contributed by atoms with van der Waals surface area (Å²) in [6.45, 7) is 1.90. The number of pyridine rings is 1. The average molecular weight is 579 g/mol. The minimum atomic E-state index is -5.45. The highest BCUT2D eigenvalue weighted by Crippen LogP contribution is 2.39. The summed E-state index contributed by atoms with van der Waals surface area (Å²) >= 11 is 0. The lowest BCUT2D eigenvalue weighted by Gasteiger charge is -2.39. The molecule has 0 spiro atoms. The maximum Gasteiger partial charge on any atom is 0.273 e. The van der Waals surface area contributed by atoms with Gasteiger partial charge in [-0.05, 0) is 43.6 Å². The third-order valence-corrected chi connectivity index (χ3v) is 6.09. The molecule has 0 saturated heterocycles. The minimum absolute atomic E-state index is 0.00386. The van der Waals surface area contributed by atoms with Crippen LogP contribution in [0.15, 0.2) is 30.4 Å². The molecule has 3 heterocycles. The highest BCUT2D eigenvalue weighted by Gasteiger charge is 2.42. The molecule has 0 radical (unpaired) electrons. The van der Waals surface area contributed by atoms with E-state index in [-0.39, 0.29) is 76.5 Å². The van der Waals surface area contributed by atoms with Crippen LogP contribution in [0.25, 0.3) is 0 Å². The normalized spacial score (nSPS) is 15.4. The van der Waals surface area contributed by atoms with Crippen LogP contribution in [0.1, 0.15) is 40.7 Å². The lowest BCUT2D eigenvalue weighted by Crippen LogP contribution is -2.53. The molecule has 3 aromatic rings. The Bertz CT molecular complexity index is 1610. The van der Waals surface area contributed by atoms with Crippen molar-refractivity contribution in [2.45, 2.75) is 32.3 Å². The summed E-state index contributed by atoms with van der Waals surface area (Å²) in [5.41, 5.74) is -1.50. The number of halogens is 1. The van der Waals surface area contributed by atoms with E-state index in [0.29, 0.717) is 0 Å². The summed E-state index contributed by atoms with van der Waals surface area (Å²) in [6.07, 6.45) is -1.33. The molecule has 0 bridgehead atoms. The van der Waals surface area contributed by atoms with Crippen molar-refractivity contribution in [3.8, 4) is 23.0 Å². The van der Waals surface area contributed by atoms with Crippen molar-refractivity contribution in [1.82, 2.24) is 15.0 Å². The molecule has 13 nitrogen and oxygen atoms in total. The van der Waals surface area contributed by atoms with Gasteiger partial charge >= 0.3 is 0 Å². The molecular weight excluding hydrogens is 550 g/mol. The van der Waals surface area contributed by atoms with E-state index in [0.717, 1.165) is 4.90 Å². The fourth-order valence-corrected chi connectivity index (χ4v) is 4.11. The number of nitrogens with zero attached hydrogens (tertiary/aromatic N) is 4. The van der Waals surface area contributed by atoms with Gasteiger partial charge in [0.05, 0.1) is 45.1 Å². The van der Waals surface area contributed by atoms with Crippen molar-refractivity contribution >= 4 is 19.5 Å². The molecule has 1 aliphatic rings. The number of carbonyl (C=O) groups excluding carboxylic acids is 1. The molecule has 4 rings (SSSR count). The molecule has 1 aromatic carbocycles. The Morgan fingerprint density at radius 2 is 1.77 bits per heavy atom. The van der Waals surface area contributed by atoms with Gasteiger partial charge in [-0.15, -0.1) is 0 Å². The summed E-state index contributed by atoms with van der Waals surface area (Å²) in [5.74, 6) is -1.96. The van der Waals surface area contributed by atoms with Crippen LogP contribution in [0.2, 0.25) is 0 Å². The fraction of sp³-hybridized carbons (Fsp3) is 0.360. The summed E-state index contributed by atoms with van der Waals surface area (Å²) in [7, 11) is -1.49. The van der Waals surface area contributed by atoms with Crippen molar-refractivity contribution in [2.24, 2.45) is 0 Å². The van der Waals surface area contributed by atoms with Gasteiger partial charge < -0.3 is 37.8 Å². The van der Waals surface area contributed by atoms with Crippen LogP contribution in [0, 0.1) is 5.82 Å². The third-order valence-electron chi connectivity index (χ3n) is 5.66. The second-order valence-corrected chi connectivity index (χ2v) is 10.0. The van der Waals surface area contributed by atoms with Gasteiger partial charge in [0.2, 0.25) is 5.75 Å². The van der Waals surface area contributed by atoms with Crippen molar-refractivity contribution in [2.75, 3.05) is 33.0 Å². The predicted molar refractivity (Wildman–Crippen MR) is 134 cm³/mol. The SMILES string of the molecule is [2H]c1nc(Cc2c([2H])c(OC)c(OC)c(OC)c2[2H])nc(Cc2ccc3c(n2)N(COP(=O)([O-])[O-])C(=O)C(C)(C)O3)c1F. The Balaban J connectivity index is 1.72. The number of phosphoric ester groups is 1. The van der Waals surface area contributed by atoms with Gasteiger partial charge in [0.25, 0.3) is 5.91 Å². The number of anilines is 1. The number of ether oxygens (including phenoxy) is 4. The molecule has 1 aliphatic heterocycles. The van der Waals surface area contributed by atoms with Crippen LogP contribution < -0.4 is 33.6 Å².